The first-order valence-electron chi connectivity index (χ1n) is 8.82. The normalized spacial score (nSPS) is 13.4. The van der Waals surface area contributed by atoms with Crippen molar-refractivity contribution in [3.63, 3.8) is 0 Å². The van der Waals surface area contributed by atoms with Gasteiger partial charge in [0.2, 0.25) is 0 Å². The molecule has 26 heavy (non-hydrogen) atoms. The fourth-order valence-corrected chi connectivity index (χ4v) is 3.33. The lowest BCUT2D eigenvalue weighted by molar-refractivity contribution is 0.417. The number of hydrazone groups is 1. The predicted molar refractivity (Wildman–Crippen MR) is 113 cm³/mol. The number of hydrogen-bond donors (Lipinski definition) is 2. The monoisotopic (exact) mass is 368 g/mol. The van der Waals surface area contributed by atoms with Crippen molar-refractivity contribution in [1.82, 2.24) is 5.43 Å². The average molecular weight is 369 g/mol. The summed E-state index contributed by atoms with van der Waals surface area (Å²) in [6.07, 6.45) is 4.11. The zero-order valence-electron chi connectivity index (χ0n) is 15.2. The minimum atomic E-state index is 0.417. The van der Waals surface area contributed by atoms with Gasteiger partial charge < -0.3 is 15.0 Å². The van der Waals surface area contributed by atoms with E-state index in [9.17, 15) is 0 Å². The Balaban J connectivity index is 1.61. The number of hydrogen-bond acceptors (Lipinski definition) is 4. The molecule has 2 N–H and O–H groups in total. The van der Waals surface area contributed by atoms with Gasteiger partial charge in [0.15, 0.2) is 5.11 Å². The standard InChI is InChI=1S/C20H24N4OS/c1-3-24-12-6-7-16-13-15(10-11-18(16)24)14-21-23-20(26)22-17-8-4-5-9-19(17)25-2/h4-5,8-11,13-14H,3,6-7,12H2,1-2H3,(H2,22,23,26)/b21-14+. The number of nitrogens with one attached hydrogen (secondary N) is 2. The lowest BCUT2D eigenvalue weighted by Crippen LogP contribution is -2.28. The van der Waals surface area contributed by atoms with Crippen molar-refractivity contribution in [2.24, 2.45) is 5.10 Å². The van der Waals surface area contributed by atoms with Gasteiger partial charge in [0.1, 0.15) is 5.75 Å². The first kappa shape index (κ1) is 18.2. The van der Waals surface area contributed by atoms with Gasteiger partial charge in [-0.25, -0.2) is 0 Å². The minimum absolute atomic E-state index is 0.417. The number of fused-ring (bicyclic) bond motifs is 1. The van der Waals surface area contributed by atoms with Crippen molar-refractivity contribution in [1.29, 1.82) is 0 Å². The molecular weight excluding hydrogens is 344 g/mol. The maximum atomic E-state index is 5.30. The Bertz CT molecular complexity index is 806. The fourth-order valence-electron chi connectivity index (χ4n) is 3.17. The van der Waals surface area contributed by atoms with Crippen molar-refractivity contribution >= 4 is 34.9 Å². The van der Waals surface area contributed by atoms with Crippen LogP contribution in [0.5, 0.6) is 5.75 Å². The van der Waals surface area contributed by atoms with Gasteiger partial charge in [0.05, 0.1) is 19.0 Å². The number of nitrogens with zero attached hydrogens (tertiary/aromatic N) is 2. The quantitative estimate of drug-likeness (QED) is 0.478. The van der Waals surface area contributed by atoms with Gasteiger partial charge in [0.25, 0.3) is 0 Å². The molecule has 1 aliphatic rings. The Hall–Kier alpha value is -2.60. The molecule has 1 heterocycles. The number of aryl methyl sites for hydroxylation is 1. The third-order valence-corrected chi connectivity index (χ3v) is 4.63. The van der Waals surface area contributed by atoms with Crippen LogP contribution >= 0.6 is 12.2 Å². The van der Waals surface area contributed by atoms with E-state index in [0.717, 1.165) is 36.5 Å². The first-order chi connectivity index (χ1) is 12.7. The van der Waals surface area contributed by atoms with Crippen LogP contribution in [0.15, 0.2) is 47.6 Å². The smallest absolute Gasteiger partial charge is 0.191 e. The molecule has 2 aromatic rings. The van der Waals surface area contributed by atoms with Gasteiger partial charge in [-0.05, 0) is 67.4 Å². The summed E-state index contributed by atoms with van der Waals surface area (Å²) in [5.74, 6) is 0.732. The molecule has 0 aliphatic carbocycles. The number of anilines is 2. The van der Waals surface area contributed by atoms with E-state index in [0.29, 0.717) is 5.11 Å². The summed E-state index contributed by atoms with van der Waals surface area (Å²) in [5, 5.41) is 7.75. The first-order valence-corrected chi connectivity index (χ1v) is 9.23. The average Bonchev–Trinajstić information content (AvgIpc) is 2.67. The SMILES string of the molecule is CCN1CCCc2cc(/C=N/NC(=S)Nc3ccccc3OC)ccc21. The lowest BCUT2D eigenvalue weighted by atomic mass is 9.99. The van der Waals surface area contributed by atoms with E-state index in [1.165, 1.54) is 17.7 Å². The highest BCUT2D eigenvalue weighted by Crippen LogP contribution is 2.27. The number of thiocarbonyl (C=S) groups is 1. The Morgan fingerprint density at radius 2 is 2.15 bits per heavy atom. The maximum Gasteiger partial charge on any atom is 0.191 e. The molecule has 0 fully saturated rings. The molecular formula is C20H24N4OS. The Morgan fingerprint density at radius 3 is 2.96 bits per heavy atom. The third kappa shape index (κ3) is 4.32. The highest BCUT2D eigenvalue weighted by Gasteiger charge is 2.15. The summed E-state index contributed by atoms with van der Waals surface area (Å²) in [4.78, 5) is 2.42. The van der Waals surface area contributed by atoms with Crippen LogP contribution in [-0.4, -0.2) is 31.5 Å². The molecule has 2 aromatic carbocycles. The maximum absolute atomic E-state index is 5.30. The lowest BCUT2D eigenvalue weighted by Gasteiger charge is -2.30. The van der Waals surface area contributed by atoms with Crippen LogP contribution in [0.2, 0.25) is 0 Å². The Kier molecular flexibility index (Phi) is 6.07. The summed E-state index contributed by atoms with van der Waals surface area (Å²) in [6.45, 7) is 4.39. The second kappa shape index (κ2) is 8.67. The number of rotatable bonds is 5. The van der Waals surface area contributed by atoms with Crippen molar-refractivity contribution in [2.45, 2.75) is 19.8 Å². The summed E-state index contributed by atoms with van der Waals surface area (Å²) in [6, 6.07) is 14.1. The molecule has 0 atom stereocenters. The van der Waals surface area contributed by atoms with Crippen molar-refractivity contribution in [3.8, 4) is 5.75 Å². The Labute approximate surface area is 160 Å². The van der Waals surface area contributed by atoms with Crippen molar-refractivity contribution < 1.29 is 4.74 Å². The number of ether oxygens (including phenoxy) is 1. The van der Waals surface area contributed by atoms with Crippen LogP contribution in [0.1, 0.15) is 24.5 Å². The number of para-hydroxylation sites is 2. The summed E-state index contributed by atoms with van der Waals surface area (Å²) in [5.41, 5.74) is 7.45. The fraction of sp³-hybridized carbons (Fsp3) is 0.300. The van der Waals surface area contributed by atoms with Crippen LogP contribution in [0.25, 0.3) is 0 Å². The summed E-state index contributed by atoms with van der Waals surface area (Å²) in [7, 11) is 1.63. The van der Waals surface area contributed by atoms with Crippen LogP contribution in [-0.2, 0) is 6.42 Å². The van der Waals surface area contributed by atoms with E-state index < -0.39 is 0 Å². The van der Waals surface area contributed by atoms with E-state index in [1.54, 1.807) is 13.3 Å². The molecule has 136 valence electrons. The number of methoxy groups -OCH3 is 1. The van der Waals surface area contributed by atoms with Crippen LogP contribution in [0.4, 0.5) is 11.4 Å². The molecule has 3 rings (SSSR count). The summed E-state index contributed by atoms with van der Waals surface area (Å²) < 4.78 is 5.30. The van der Waals surface area contributed by atoms with Gasteiger partial charge in [0, 0.05) is 18.8 Å². The zero-order valence-corrected chi connectivity index (χ0v) is 16.0. The van der Waals surface area contributed by atoms with E-state index in [4.69, 9.17) is 17.0 Å². The highest BCUT2D eigenvalue weighted by atomic mass is 32.1. The van der Waals surface area contributed by atoms with E-state index in [-0.39, 0.29) is 0 Å². The second-order valence-corrected chi connectivity index (χ2v) is 6.50. The van der Waals surface area contributed by atoms with Crippen LogP contribution < -0.4 is 20.4 Å². The molecule has 1 aliphatic heterocycles. The van der Waals surface area contributed by atoms with Crippen molar-refractivity contribution in [2.75, 3.05) is 30.4 Å². The molecule has 0 saturated carbocycles. The second-order valence-electron chi connectivity index (χ2n) is 6.10. The van der Waals surface area contributed by atoms with E-state index >= 15 is 0 Å². The third-order valence-electron chi connectivity index (χ3n) is 4.43. The van der Waals surface area contributed by atoms with E-state index in [2.05, 4.69) is 45.9 Å². The predicted octanol–water partition coefficient (Wildman–Crippen LogP) is 3.79. The van der Waals surface area contributed by atoms with Crippen molar-refractivity contribution in [3.05, 3.63) is 53.6 Å². The molecule has 5 nitrogen and oxygen atoms in total. The molecule has 0 spiro atoms. The molecule has 0 radical (unpaired) electrons. The molecule has 0 saturated heterocycles. The molecule has 0 amide bonds. The topological polar surface area (TPSA) is 48.9 Å². The molecule has 0 unspecified atom stereocenters. The van der Waals surface area contributed by atoms with Gasteiger partial charge in [-0.2, -0.15) is 5.10 Å². The van der Waals surface area contributed by atoms with Gasteiger partial charge >= 0.3 is 0 Å². The number of benzene rings is 2. The van der Waals surface area contributed by atoms with Crippen LogP contribution in [0.3, 0.4) is 0 Å². The largest absolute Gasteiger partial charge is 0.495 e. The summed E-state index contributed by atoms with van der Waals surface area (Å²) >= 11 is 5.29. The van der Waals surface area contributed by atoms with E-state index in [1.807, 2.05) is 24.3 Å². The zero-order chi connectivity index (χ0) is 18.4. The molecule has 0 bridgehead atoms. The molecule has 6 heteroatoms. The molecule has 0 aromatic heterocycles. The van der Waals surface area contributed by atoms with Crippen LogP contribution in [0, 0.1) is 0 Å². The highest BCUT2D eigenvalue weighted by molar-refractivity contribution is 7.80. The van der Waals surface area contributed by atoms with Gasteiger partial charge in [-0.3, -0.25) is 5.43 Å². The minimum Gasteiger partial charge on any atom is -0.495 e. The van der Waals surface area contributed by atoms with Gasteiger partial charge in [-0.15, -0.1) is 0 Å². The Morgan fingerprint density at radius 1 is 1.31 bits per heavy atom. The van der Waals surface area contributed by atoms with Gasteiger partial charge in [-0.1, -0.05) is 18.2 Å².